The van der Waals surface area contributed by atoms with E-state index in [1.165, 1.54) is 12.7 Å². The van der Waals surface area contributed by atoms with Crippen molar-refractivity contribution in [2.75, 3.05) is 0 Å². The first kappa shape index (κ1) is 17.3. The van der Waals surface area contributed by atoms with Crippen molar-refractivity contribution < 1.29 is 5.21 Å². The molecule has 2 rings (SSSR count). The lowest BCUT2D eigenvalue weighted by Gasteiger charge is -1.95. The van der Waals surface area contributed by atoms with Gasteiger partial charge in [-0.25, -0.2) is 24.8 Å². The van der Waals surface area contributed by atoms with Crippen LogP contribution in [0, 0.1) is 6.57 Å². The van der Waals surface area contributed by atoms with Crippen LogP contribution in [0.1, 0.15) is 5.56 Å². The van der Waals surface area contributed by atoms with Gasteiger partial charge in [0.15, 0.2) is 0 Å². The molecule has 11 heteroatoms. The molecule has 0 aliphatic heterocycles. The summed E-state index contributed by atoms with van der Waals surface area (Å²) in [5.41, 5.74) is 0.407. The zero-order valence-corrected chi connectivity index (χ0v) is 12.9. The van der Waals surface area contributed by atoms with Gasteiger partial charge in [-0.2, -0.15) is 0 Å². The molecule has 2 aromatic rings. The van der Waals surface area contributed by atoms with E-state index in [9.17, 15) is 0 Å². The fourth-order valence-electron chi connectivity index (χ4n) is 0.949. The smallest absolute Gasteiger partial charge is 0.260 e. The van der Waals surface area contributed by atoms with E-state index in [1.807, 2.05) is 0 Å². The Labute approximate surface area is 139 Å². The second-order valence-corrected chi connectivity index (χ2v) is 4.46. The lowest BCUT2D eigenvalue weighted by Crippen LogP contribution is -1.90. The first-order chi connectivity index (χ1) is 10.0. The predicted molar refractivity (Wildman–Crippen MR) is 79.7 cm³/mol. The van der Waals surface area contributed by atoms with Crippen LogP contribution in [-0.4, -0.2) is 31.4 Å². The monoisotopic (exact) mass is 364 g/mol. The van der Waals surface area contributed by atoms with Gasteiger partial charge in [0.1, 0.15) is 33.3 Å². The zero-order chi connectivity index (χ0) is 15.8. The molecule has 0 unspecified atom stereocenters. The van der Waals surface area contributed by atoms with Crippen LogP contribution in [0.2, 0.25) is 20.6 Å². The van der Waals surface area contributed by atoms with E-state index < -0.39 is 0 Å². The normalized spacial score (nSPS) is 9.86. The molecular formula is C10H4Cl4N6O. The van der Waals surface area contributed by atoms with Crippen molar-refractivity contribution in [3.05, 3.63) is 50.2 Å². The first-order valence-corrected chi connectivity index (χ1v) is 6.39. The average Bonchev–Trinajstić information content (AvgIpc) is 2.44. The van der Waals surface area contributed by atoms with Crippen LogP contribution in [0.5, 0.6) is 0 Å². The Balaban J connectivity index is 0.000000211. The van der Waals surface area contributed by atoms with E-state index in [2.05, 4.69) is 29.9 Å². The van der Waals surface area contributed by atoms with Gasteiger partial charge >= 0.3 is 0 Å². The summed E-state index contributed by atoms with van der Waals surface area (Å²) in [6, 6.07) is 0. The maximum Gasteiger partial charge on any atom is 0.260 e. The number of aromatic nitrogens is 4. The number of hydrogen-bond acceptors (Lipinski definition) is 6. The molecule has 1 N–H and O–H groups in total. The molecule has 0 saturated carbocycles. The van der Waals surface area contributed by atoms with Gasteiger partial charge in [0, 0.05) is 0 Å². The third kappa shape index (κ3) is 4.95. The highest BCUT2D eigenvalue weighted by Gasteiger charge is 2.06. The van der Waals surface area contributed by atoms with Crippen molar-refractivity contribution in [2.24, 2.45) is 5.16 Å². The minimum absolute atomic E-state index is 0.0926. The van der Waals surface area contributed by atoms with Gasteiger partial charge in [0.25, 0.3) is 5.69 Å². The van der Waals surface area contributed by atoms with Gasteiger partial charge in [-0.1, -0.05) is 51.6 Å². The molecule has 0 amide bonds. The second-order valence-electron chi connectivity index (χ2n) is 3.03. The quantitative estimate of drug-likeness (QED) is 0.272. The predicted octanol–water partition coefficient (Wildman–Crippen LogP) is 3.93. The first-order valence-electron chi connectivity index (χ1n) is 4.88. The third-order valence-electron chi connectivity index (χ3n) is 1.82. The van der Waals surface area contributed by atoms with Crippen LogP contribution in [0.15, 0.2) is 17.8 Å². The summed E-state index contributed by atoms with van der Waals surface area (Å²) >= 11 is 22.1. The van der Waals surface area contributed by atoms with Crippen LogP contribution in [-0.2, 0) is 0 Å². The summed E-state index contributed by atoms with van der Waals surface area (Å²) in [6.07, 6.45) is 3.50. The Morgan fingerprint density at radius 2 is 1.38 bits per heavy atom. The SMILES string of the molecule is ON=Cc1c(Cl)ncnc1Cl.[C-]#[N+]c1c(Cl)ncnc1Cl. The lowest BCUT2D eigenvalue weighted by molar-refractivity contribution is 0.322. The second kappa shape index (κ2) is 8.54. The Morgan fingerprint density at radius 1 is 0.952 bits per heavy atom. The zero-order valence-electron chi connectivity index (χ0n) is 9.87. The lowest BCUT2D eigenvalue weighted by atomic mass is 10.4. The summed E-state index contributed by atoms with van der Waals surface area (Å²) in [5.74, 6) is 0. The highest BCUT2D eigenvalue weighted by molar-refractivity contribution is 6.37. The molecule has 0 saturated heterocycles. The van der Waals surface area contributed by atoms with Crippen molar-refractivity contribution in [1.82, 2.24) is 19.9 Å². The van der Waals surface area contributed by atoms with Crippen molar-refractivity contribution in [2.45, 2.75) is 0 Å². The van der Waals surface area contributed by atoms with Gasteiger partial charge in [-0.15, -0.1) is 0 Å². The Hall–Kier alpha value is -1.72. The molecule has 0 aliphatic carbocycles. The molecule has 2 aromatic heterocycles. The van der Waals surface area contributed by atoms with Crippen molar-refractivity contribution >= 4 is 58.3 Å². The van der Waals surface area contributed by atoms with Crippen molar-refractivity contribution in [3.8, 4) is 0 Å². The molecule has 0 aliphatic rings. The molecule has 21 heavy (non-hydrogen) atoms. The Kier molecular flexibility index (Phi) is 7.05. The van der Waals surface area contributed by atoms with Gasteiger partial charge in [-0.3, -0.25) is 0 Å². The molecule has 0 spiro atoms. The maximum absolute atomic E-state index is 8.17. The Morgan fingerprint density at radius 3 is 1.71 bits per heavy atom. The Bertz CT molecular complexity index is 662. The number of halogens is 4. The summed E-state index contributed by atoms with van der Waals surface area (Å²) in [5, 5.41) is 11.4. The van der Waals surface area contributed by atoms with E-state index in [0.717, 1.165) is 6.21 Å². The van der Waals surface area contributed by atoms with Gasteiger partial charge in [-0.05, 0) is 0 Å². The average molecular weight is 366 g/mol. The van der Waals surface area contributed by atoms with E-state index in [4.69, 9.17) is 58.2 Å². The molecule has 0 atom stereocenters. The molecule has 0 aromatic carbocycles. The van der Waals surface area contributed by atoms with E-state index in [1.54, 1.807) is 0 Å². The summed E-state index contributed by atoms with van der Waals surface area (Å²) in [6.45, 7) is 6.60. The highest BCUT2D eigenvalue weighted by atomic mass is 35.5. The number of oxime groups is 1. The van der Waals surface area contributed by atoms with E-state index in [0.29, 0.717) is 5.56 Å². The molecule has 0 bridgehead atoms. The maximum atomic E-state index is 8.17. The standard InChI is InChI=1S/C5H3Cl2N3O.C5HCl2N3/c6-4-3(1-10-11)5(7)9-2-8-4;1-8-3-4(6)9-2-10-5(3)7/h1-2,11H;2H. The fraction of sp³-hybridized carbons (Fsp3) is 0. The van der Waals surface area contributed by atoms with Crippen LogP contribution in [0.25, 0.3) is 4.85 Å². The van der Waals surface area contributed by atoms with E-state index >= 15 is 0 Å². The molecule has 0 fully saturated rings. The van der Waals surface area contributed by atoms with E-state index in [-0.39, 0.29) is 26.3 Å². The number of nitrogens with zero attached hydrogens (tertiary/aromatic N) is 6. The third-order valence-corrected chi connectivity index (χ3v) is 2.97. The highest BCUT2D eigenvalue weighted by Crippen LogP contribution is 2.28. The van der Waals surface area contributed by atoms with Gasteiger partial charge in [0.05, 0.1) is 18.4 Å². The largest absolute Gasteiger partial charge is 0.411 e. The molecular weight excluding hydrogens is 362 g/mol. The van der Waals surface area contributed by atoms with Crippen LogP contribution >= 0.6 is 46.4 Å². The van der Waals surface area contributed by atoms with Crippen LogP contribution in [0.4, 0.5) is 5.69 Å². The van der Waals surface area contributed by atoms with Crippen LogP contribution in [0.3, 0.4) is 0 Å². The molecule has 2 heterocycles. The molecule has 7 nitrogen and oxygen atoms in total. The summed E-state index contributed by atoms with van der Waals surface area (Å²) in [4.78, 5) is 17.4. The molecule has 108 valence electrons. The minimum Gasteiger partial charge on any atom is -0.411 e. The van der Waals surface area contributed by atoms with Gasteiger partial charge < -0.3 is 5.21 Å². The minimum atomic E-state index is 0.0926. The fourth-order valence-corrected chi connectivity index (χ4v) is 1.76. The van der Waals surface area contributed by atoms with Crippen molar-refractivity contribution in [1.29, 1.82) is 0 Å². The van der Waals surface area contributed by atoms with Crippen molar-refractivity contribution in [3.63, 3.8) is 0 Å². The van der Waals surface area contributed by atoms with Gasteiger partial charge in [0.2, 0.25) is 0 Å². The number of rotatable bonds is 1. The topological polar surface area (TPSA) is 88.5 Å². The summed E-state index contributed by atoms with van der Waals surface area (Å²) in [7, 11) is 0. The number of hydrogen-bond donors (Lipinski definition) is 1. The summed E-state index contributed by atoms with van der Waals surface area (Å²) < 4.78 is 0. The van der Waals surface area contributed by atoms with Crippen LogP contribution < -0.4 is 0 Å². The molecule has 0 radical (unpaired) electrons.